The van der Waals surface area contributed by atoms with E-state index >= 15 is 0 Å². The number of hydrogen-bond acceptors (Lipinski definition) is 6. The molecule has 5 rings (SSSR count). The number of hydrogen-bond donors (Lipinski definition) is 2. The van der Waals surface area contributed by atoms with E-state index in [0.717, 1.165) is 42.7 Å². The van der Waals surface area contributed by atoms with Crippen LogP contribution in [0.4, 0.5) is 19.3 Å². The van der Waals surface area contributed by atoms with E-state index in [2.05, 4.69) is 27.7 Å². The van der Waals surface area contributed by atoms with Crippen LogP contribution in [0.25, 0.3) is 0 Å². The number of rotatable bonds is 4. The molecule has 2 unspecified atom stereocenters. The van der Waals surface area contributed by atoms with E-state index in [-0.39, 0.29) is 17.6 Å². The summed E-state index contributed by atoms with van der Waals surface area (Å²) >= 11 is 0. The number of carbonyl (C=O) groups excluding carboxylic acids is 1. The van der Waals surface area contributed by atoms with E-state index in [1.807, 2.05) is 6.07 Å². The van der Waals surface area contributed by atoms with E-state index in [9.17, 15) is 13.6 Å². The summed E-state index contributed by atoms with van der Waals surface area (Å²) in [6.07, 6.45) is -0.918. The van der Waals surface area contributed by atoms with E-state index in [4.69, 9.17) is 14.2 Å². The van der Waals surface area contributed by atoms with Crippen LogP contribution in [0.2, 0.25) is 0 Å². The number of anilines is 1. The van der Waals surface area contributed by atoms with Gasteiger partial charge in [-0.25, -0.2) is 13.6 Å². The summed E-state index contributed by atoms with van der Waals surface area (Å²) in [5.74, 6) is 0.0185. The Kier molecular flexibility index (Phi) is 6.55. The third-order valence-corrected chi connectivity index (χ3v) is 7.19. The van der Waals surface area contributed by atoms with Gasteiger partial charge in [0.05, 0.1) is 19.8 Å². The van der Waals surface area contributed by atoms with E-state index < -0.39 is 35.5 Å². The van der Waals surface area contributed by atoms with Crippen LogP contribution in [0.5, 0.6) is 5.75 Å². The lowest BCUT2D eigenvalue weighted by molar-refractivity contribution is -0.0575. The third-order valence-electron chi connectivity index (χ3n) is 7.19. The number of fused-ring (bicyclic) bond motifs is 3. The molecule has 194 valence electrons. The zero-order chi connectivity index (χ0) is 25.6. The van der Waals surface area contributed by atoms with Gasteiger partial charge in [-0.1, -0.05) is 0 Å². The molecule has 3 aliphatic heterocycles. The summed E-state index contributed by atoms with van der Waals surface area (Å²) in [5, 5.41) is 6.49. The Morgan fingerprint density at radius 1 is 1.14 bits per heavy atom. The number of nitrogens with zero attached hydrogens (tertiary/aromatic N) is 1. The van der Waals surface area contributed by atoms with Crippen molar-refractivity contribution in [2.24, 2.45) is 0 Å². The second-order valence-electron chi connectivity index (χ2n) is 10.8. The molecule has 2 fully saturated rings. The van der Waals surface area contributed by atoms with Crippen molar-refractivity contribution in [1.29, 1.82) is 0 Å². The molecule has 3 heterocycles. The largest absolute Gasteiger partial charge is 0.497 e. The molecule has 0 aromatic heterocycles. The van der Waals surface area contributed by atoms with Crippen molar-refractivity contribution >= 4 is 11.8 Å². The predicted octanol–water partition coefficient (Wildman–Crippen LogP) is 4.59. The molecule has 2 saturated heterocycles. The summed E-state index contributed by atoms with van der Waals surface area (Å²) in [5.41, 5.74) is 1.78. The molecule has 2 aromatic rings. The maximum Gasteiger partial charge on any atom is 0.407 e. The second kappa shape index (κ2) is 9.52. The first kappa shape index (κ1) is 24.8. The third kappa shape index (κ3) is 4.99. The highest BCUT2D eigenvalue weighted by atomic mass is 19.1. The Bertz CT molecular complexity index is 1140. The Balaban J connectivity index is 1.34. The lowest BCUT2D eigenvalue weighted by Gasteiger charge is -2.40. The average molecular weight is 502 g/mol. The van der Waals surface area contributed by atoms with Gasteiger partial charge < -0.3 is 24.8 Å². The Labute approximate surface area is 210 Å². The van der Waals surface area contributed by atoms with E-state index in [1.54, 1.807) is 27.9 Å². The summed E-state index contributed by atoms with van der Waals surface area (Å²) in [7, 11) is 1.66. The van der Waals surface area contributed by atoms with Crippen LogP contribution in [0.3, 0.4) is 0 Å². The lowest BCUT2D eigenvalue weighted by atomic mass is 9.92. The highest BCUT2D eigenvalue weighted by Gasteiger charge is 2.45. The number of benzene rings is 2. The molecule has 5 atom stereocenters. The van der Waals surface area contributed by atoms with Gasteiger partial charge in [-0.15, -0.1) is 0 Å². The topological polar surface area (TPSA) is 72.1 Å². The van der Waals surface area contributed by atoms with Crippen molar-refractivity contribution in [2.45, 2.75) is 62.9 Å². The molecule has 3 aliphatic rings. The molecule has 0 radical (unpaired) electrons. The monoisotopic (exact) mass is 501 g/mol. The fraction of sp³-hybridized carbons (Fsp3) is 0.519. The molecular weight excluding hydrogens is 468 g/mol. The standard InChI is InChI=1S/C27H33F2N3O4/c1-27(2,3)36-26(33)31-23-10-16(14-35-25(23)19-9-15(28)5-7-21(19)29)32-12-20-18-11-17(34-4)6-8-22(18)30-24(20)13-32/h5-9,11,16,20,23-25,30H,10,12-14H2,1-4H3,(H,31,33)/t16-,20?,23+,24?,25-/m1/s1. The van der Waals surface area contributed by atoms with Crippen LogP contribution in [0, 0.1) is 11.6 Å². The minimum Gasteiger partial charge on any atom is -0.497 e. The zero-order valence-corrected chi connectivity index (χ0v) is 21.0. The highest BCUT2D eigenvalue weighted by molar-refractivity contribution is 5.68. The van der Waals surface area contributed by atoms with Gasteiger partial charge in [0.1, 0.15) is 29.1 Å². The minimum absolute atomic E-state index is 0.000681. The molecule has 0 bridgehead atoms. The molecule has 2 aromatic carbocycles. The molecule has 0 spiro atoms. The number of likely N-dealkylation sites (tertiary alicyclic amines) is 1. The van der Waals surface area contributed by atoms with Crippen LogP contribution in [0.1, 0.15) is 50.3 Å². The minimum atomic E-state index is -0.824. The molecule has 1 amide bonds. The fourth-order valence-corrected chi connectivity index (χ4v) is 5.60. The Hall–Kier alpha value is -2.91. The van der Waals surface area contributed by atoms with Gasteiger partial charge in [0.15, 0.2) is 0 Å². The van der Waals surface area contributed by atoms with Crippen LogP contribution < -0.4 is 15.4 Å². The first-order chi connectivity index (χ1) is 17.1. The van der Waals surface area contributed by atoms with E-state index in [0.29, 0.717) is 18.9 Å². The van der Waals surface area contributed by atoms with E-state index in [1.165, 1.54) is 5.56 Å². The van der Waals surface area contributed by atoms with Crippen molar-refractivity contribution in [3.8, 4) is 5.75 Å². The first-order valence-corrected chi connectivity index (χ1v) is 12.4. The van der Waals surface area contributed by atoms with Crippen LogP contribution in [-0.4, -0.2) is 61.5 Å². The van der Waals surface area contributed by atoms with Crippen molar-refractivity contribution < 1.29 is 27.8 Å². The average Bonchev–Trinajstić information content (AvgIpc) is 3.37. The fourth-order valence-electron chi connectivity index (χ4n) is 5.60. The maximum absolute atomic E-state index is 14.7. The lowest BCUT2D eigenvalue weighted by Crippen LogP contribution is -2.52. The number of alkyl carbamates (subject to hydrolysis) is 1. The summed E-state index contributed by atoms with van der Waals surface area (Å²) < 4.78 is 45.7. The summed E-state index contributed by atoms with van der Waals surface area (Å²) in [4.78, 5) is 15.0. The van der Waals surface area contributed by atoms with Gasteiger partial charge in [0.2, 0.25) is 0 Å². The van der Waals surface area contributed by atoms with Gasteiger partial charge in [0.25, 0.3) is 0 Å². The maximum atomic E-state index is 14.7. The molecule has 9 heteroatoms. The molecular formula is C27H33F2N3O4. The van der Waals surface area contributed by atoms with Crippen molar-refractivity contribution in [1.82, 2.24) is 10.2 Å². The molecule has 7 nitrogen and oxygen atoms in total. The van der Waals surface area contributed by atoms with Gasteiger partial charge in [-0.05, 0) is 69.2 Å². The van der Waals surface area contributed by atoms with Gasteiger partial charge >= 0.3 is 6.09 Å². The summed E-state index contributed by atoms with van der Waals surface area (Å²) in [6, 6.07) is 9.07. The highest BCUT2D eigenvalue weighted by Crippen LogP contribution is 2.43. The number of carbonyl (C=O) groups is 1. The molecule has 36 heavy (non-hydrogen) atoms. The summed E-state index contributed by atoms with van der Waals surface area (Å²) in [6.45, 7) is 7.31. The van der Waals surface area contributed by atoms with Gasteiger partial charge in [0, 0.05) is 42.3 Å². The second-order valence-corrected chi connectivity index (χ2v) is 10.8. The predicted molar refractivity (Wildman–Crippen MR) is 131 cm³/mol. The normalized spacial score (nSPS) is 27.7. The smallest absolute Gasteiger partial charge is 0.407 e. The molecule has 0 saturated carbocycles. The molecule has 0 aliphatic carbocycles. The Morgan fingerprint density at radius 2 is 1.94 bits per heavy atom. The first-order valence-electron chi connectivity index (χ1n) is 12.4. The Morgan fingerprint density at radius 3 is 2.69 bits per heavy atom. The molecule has 2 N–H and O–H groups in total. The zero-order valence-electron chi connectivity index (χ0n) is 21.0. The number of amides is 1. The van der Waals surface area contributed by atoms with Crippen LogP contribution in [0.15, 0.2) is 36.4 Å². The van der Waals surface area contributed by atoms with Gasteiger partial charge in [-0.3, -0.25) is 4.90 Å². The SMILES string of the molecule is COc1ccc2c(c1)C1CN([C@H]3CO[C@H](c4cc(F)ccc4F)[C@@H](NC(=O)OC(C)(C)C)C3)CC1N2. The van der Waals surface area contributed by atoms with Crippen molar-refractivity contribution in [3.05, 3.63) is 59.2 Å². The van der Waals surface area contributed by atoms with Crippen molar-refractivity contribution in [3.63, 3.8) is 0 Å². The number of methoxy groups -OCH3 is 1. The number of nitrogens with one attached hydrogen (secondary N) is 2. The number of ether oxygens (including phenoxy) is 3. The van der Waals surface area contributed by atoms with Crippen LogP contribution in [-0.2, 0) is 9.47 Å². The van der Waals surface area contributed by atoms with Gasteiger partial charge in [-0.2, -0.15) is 0 Å². The quantitative estimate of drug-likeness (QED) is 0.639. The van der Waals surface area contributed by atoms with Crippen LogP contribution >= 0.6 is 0 Å². The van der Waals surface area contributed by atoms with Crippen molar-refractivity contribution in [2.75, 3.05) is 32.1 Å². The number of halogens is 2.